The van der Waals surface area contributed by atoms with Crippen molar-refractivity contribution < 1.29 is 5.11 Å². The summed E-state index contributed by atoms with van der Waals surface area (Å²) in [5.74, 6) is 0. The summed E-state index contributed by atoms with van der Waals surface area (Å²) in [4.78, 5) is 0. The smallest absolute Gasteiger partial charge is 0.114 e. The van der Waals surface area contributed by atoms with Crippen LogP contribution in [-0.4, -0.2) is 15.3 Å². The van der Waals surface area contributed by atoms with Gasteiger partial charge in [0.2, 0.25) is 0 Å². The molecule has 0 spiro atoms. The van der Waals surface area contributed by atoms with Crippen LogP contribution in [-0.2, 0) is 0 Å². The maximum atomic E-state index is 9.53. The van der Waals surface area contributed by atoms with Crippen LogP contribution in [0.15, 0.2) is 36.9 Å². The summed E-state index contributed by atoms with van der Waals surface area (Å²) < 4.78 is 0. The van der Waals surface area contributed by atoms with Gasteiger partial charge in [-0.25, -0.2) is 0 Å². The maximum Gasteiger partial charge on any atom is 0.114 e. The third-order valence-electron chi connectivity index (χ3n) is 2.01. The van der Waals surface area contributed by atoms with Crippen molar-refractivity contribution in [3.8, 4) is 0 Å². The highest BCUT2D eigenvalue weighted by Crippen LogP contribution is 2.21. The summed E-state index contributed by atoms with van der Waals surface area (Å²) in [6, 6.07) is 7.64. The fourth-order valence-electron chi connectivity index (χ4n) is 1.32. The average Bonchev–Trinajstić information content (AvgIpc) is 2.60. The number of hydrogen-bond donors (Lipinski definition) is 2. The van der Waals surface area contributed by atoms with Gasteiger partial charge in [0.1, 0.15) is 6.10 Å². The minimum Gasteiger partial charge on any atom is -0.383 e. The predicted octanol–water partition coefficient (Wildman–Crippen LogP) is 1.78. The van der Waals surface area contributed by atoms with Crippen molar-refractivity contribution in [2.75, 3.05) is 0 Å². The fourth-order valence-corrected chi connectivity index (χ4v) is 1.32. The minimum absolute atomic E-state index is 0.674. The lowest BCUT2D eigenvalue weighted by Crippen LogP contribution is -1.92. The van der Waals surface area contributed by atoms with E-state index in [1.807, 2.05) is 24.3 Å². The van der Waals surface area contributed by atoms with Crippen molar-refractivity contribution in [3.05, 3.63) is 42.6 Å². The number of aromatic nitrogens is 2. The number of aliphatic hydroxyl groups is 1. The Morgan fingerprint density at radius 3 is 3.00 bits per heavy atom. The van der Waals surface area contributed by atoms with Gasteiger partial charge < -0.3 is 5.11 Å². The lowest BCUT2D eigenvalue weighted by Gasteiger charge is -2.00. The standard InChI is InChI=1S/C10H10N2O/c1-2-9(13)10-7-5-3-4-6-8(7)11-12-10/h2-6,9,13H,1H2,(H,11,12). The number of H-pyrrole nitrogens is 1. The van der Waals surface area contributed by atoms with Crippen LogP contribution in [0, 0.1) is 0 Å². The largest absolute Gasteiger partial charge is 0.383 e. The molecule has 0 aliphatic carbocycles. The van der Waals surface area contributed by atoms with E-state index in [1.165, 1.54) is 6.08 Å². The lowest BCUT2D eigenvalue weighted by molar-refractivity contribution is 0.225. The van der Waals surface area contributed by atoms with Gasteiger partial charge in [0.05, 0.1) is 11.2 Å². The van der Waals surface area contributed by atoms with Crippen LogP contribution < -0.4 is 0 Å². The molecule has 1 aromatic heterocycles. The first-order valence-electron chi connectivity index (χ1n) is 4.06. The van der Waals surface area contributed by atoms with Gasteiger partial charge >= 0.3 is 0 Å². The molecule has 1 heterocycles. The van der Waals surface area contributed by atoms with Crippen molar-refractivity contribution in [1.82, 2.24) is 10.2 Å². The van der Waals surface area contributed by atoms with Crippen molar-refractivity contribution in [2.24, 2.45) is 0 Å². The van der Waals surface area contributed by atoms with Gasteiger partial charge in [-0.15, -0.1) is 6.58 Å². The quantitative estimate of drug-likeness (QED) is 0.682. The molecule has 0 aliphatic rings. The number of benzene rings is 1. The van der Waals surface area contributed by atoms with Crippen LogP contribution in [0.2, 0.25) is 0 Å². The molecule has 66 valence electrons. The summed E-state index contributed by atoms with van der Waals surface area (Å²) in [5.41, 5.74) is 1.56. The van der Waals surface area contributed by atoms with Crippen molar-refractivity contribution in [3.63, 3.8) is 0 Å². The molecule has 1 unspecified atom stereocenters. The van der Waals surface area contributed by atoms with E-state index in [-0.39, 0.29) is 0 Å². The zero-order valence-electron chi connectivity index (χ0n) is 7.07. The number of fused-ring (bicyclic) bond motifs is 1. The second-order valence-electron chi connectivity index (χ2n) is 2.83. The van der Waals surface area contributed by atoms with Gasteiger partial charge in [-0.1, -0.05) is 24.3 Å². The Morgan fingerprint density at radius 1 is 1.46 bits per heavy atom. The van der Waals surface area contributed by atoms with E-state index in [9.17, 15) is 5.11 Å². The number of aliphatic hydroxyl groups excluding tert-OH is 1. The number of aromatic amines is 1. The van der Waals surface area contributed by atoms with Gasteiger partial charge in [0, 0.05) is 5.39 Å². The van der Waals surface area contributed by atoms with Crippen molar-refractivity contribution in [1.29, 1.82) is 0 Å². The van der Waals surface area contributed by atoms with Gasteiger partial charge in [0.15, 0.2) is 0 Å². The van der Waals surface area contributed by atoms with Crippen LogP contribution in [0.3, 0.4) is 0 Å². The molecule has 0 radical (unpaired) electrons. The molecule has 0 amide bonds. The van der Waals surface area contributed by atoms with Crippen LogP contribution >= 0.6 is 0 Å². The zero-order chi connectivity index (χ0) is 9.26. The van der Waals surface area contributed by atoms with Crippen LogP contribution in [0.4, 0.5) is 0 Å². The molecule has 0 aliphatic heterocycles. The first-order valence-corrected chi connectivity index (χ1v) is 4.06. The first kappa shape index (κ1) is 8.01. The van der Waals surface area contributed by atoms with Crippen LogP contribution in [0.1, 0.15) is 11.8 Å². The highest BCUT2D eigenvalue weighted by atomic mass is 16.3. The van der Waals surface area contributed by atoms with E-state index in [0.717, 1.165) is 10.9 Å². The third kappa shape index (κ3) is 1.23. The molecule has 1 atom stereocenters. The summed E-state index contributed by atoms with van der Waals surface area (Å²) >= 11 is 0. The summed E-state index contributed by atoms with van der Waals surface area (Å²) in [6.07, 6.45) is 0.798. The monoisotopic (exact) mass is 174 g/mol. The average molecular weight is 174 g/mol. The highest BCUT2D eigenvalue weighted by molar-refractivity contribution is 5.81. The lowest BCUT2D eigenvalue weighted by atomic mass is 10.1. The molecular weight excluding hydrogens is 164 g/mol. The van der Waals surface area contributed by atoms with Gasteiger partial charge in [-0.05, 0) is 6.07 Å². The molecular formula is C10H10N2O. The fraction of sp³-hybridized carbons (Fsp3) is 0.100. The molecule has 1 aromatic carbocycles. The molecule has 2 N–H and O–H groups in total. The Kier molecular flexibility index (Phi) is 1.87. The Morgan fingerprint density at radius 2 is 2.23 bits per heavy atom. The molecule has 13 heavy (non-hydrogen) atoms. The third-order valence-corrected chi connectivity index (χ3v) is 2.01. The first-order chi connectivity index (χ1) is 6.33. The normalized spacial score (nSPS) is 13.0. The van der Waals surface area contributed by atoms with E-state index in [0.29, 0.717) is 5.69 Å². The second-order valence-corrected chi connectivity index (χ2v) is 2.83. The summed E-state index contributed by atoms with van der Waals surface area (Å²) in [5, 5.41) is 17.3. The van der Waals surface area contributed by atoms with E-state index < -0.39 is 6.10 Å². The van der Waals surface area contributed by atoms with Crippen LogP contribution in [0.5, 0.6) is 0 Å². The Balaban J connectivity index is 2.64. The minimum atomic E-state index is -0.674. The van der Waals surface area contributed by atoms with E-state index in [4.69, 9.17) is 0 Å². The number of hydrogen-bond acceptors (Lipinski definition) is 2. The molecule has 0 saturated carbocycles. The second kappa shape index (κ2) is 3.03. The molecule has 3 nitrogen and oxygen atoms in total. The SMILES string of the molecule is C=CC(O)c1[nH]nc2ccccc12. The molecule has 0 fully saturated rings. The maximum absolute atomic E-state index is 9.53. The van der Waals surface area contributed by atoms with Crippen molar-refractivity contribution in [2.45, 2.75) is 6.10 Å². The summed E-state index contributed by atoms with van der Waals surface area (Å²) in [7, 11) is 0. The van der Waals surface area contributed by atoms with E-state index in [1.54, 1.807) is 0 Å². The van der Waals surface area contributed by atoms with Gasteiger partial charge in [0.25, 0.3) is 0 Å². The topological polar surface area (TPSA) is 48.9 Å². The summed E-state index contributed by atoms with van der Waals surface area (Å²) in [6.45, 7) is 3.53. The number of para-hydroxylation sites is 1. The molecule has 2 aromatic rings. The predicted molar refractivity (Wildman–Crippen MR) is 51.3 cm³/mol. The Bertz CT molecular complexity index is 433. The van der Waals surface area contributed by atoms with Crippen LogP contribution in [0.25, 0.3) is 10.9 Å². The number of nitrogens with one attached hydrogen (secondary N) is 1. The number of rotatable bonds is 2. The Labute approximate surface area is 75.7 Å². The van der Waals surface area contributed by atoms with Gasteiger partial charge in [-0.3, -0.25) is 5.10 Å². The molecule has 0 bridgehead atoms. The molecule has 2 rings (SSSR count). The molecule has 0 saturated heterocycles. The number of nitrogens with zero attached hydrogens (tertiary/aromatic N) is 1. The van der Waals surface area contributed by atoms with Gasteiger partial charge in [-0.2, -0.15) is 5.10 Å². The van der Waals surface area contributed by atoms with Crippen molar-refractivity contribution >= 4 is 10.9 Å². The highest BCUT2D eigenvalue weighted by Gasteiger charge is 2.09. The zero-order valence-corrected chi connectivity index (χ0v) is 7.07. The van der Waals surface area contributed by atoms with E-state index >= 15 is 0 Å². The Hall–Kier alpha value is -1.61. The molecule has 3 heteroatoms. The van der Waals surface area contributed by atoms with E-state index in [2.05, 4.69) is 16.8 Å².